The molecule has 3 N–H and O–H groups in total. The SMILES string of the molecule is CCC1(O)CN(C(=O)Nc2sccc2C(=O)O)C1. The Morgan fingerprint density at radius 1 is 1.56 bits per heavy atom. The van der Waals surface area contributed by atoms with E-state index < -0.39 is 11.6 Å². The minimum Gasteiger partial charge on any atom is -0.478 e. The number of aromatic carboxylic acids is 1. The van der Waals surface area contributed by atoms with Crippen molar-refractivity contribution in [3.8, 4) is 0 Å². The second-order valence-corrected chi connectivity index (χ2v) is 5.25. The van der Waals surface area contributed by atoms with E-state index in [1.807, 2.05) is 6.92 Å². The number of nitrogens with one attached hydrogen (secondary N) is 1. The monoisotopic (exact) mass is 270 g/mol. The predicted octanol–water partition coefficient (Wildman–Crippen LogP) is 1.43. The summed E-state index contributed by atoms with van der Waals surface area (Å²) < 4.78 is 0. The Morgan fingerprint density at radius 3 is 2.78 bits per heavy atom. The average molecular weight is 270 g/mol. The van der Waals surface area contributed by atoms with Crippen LogP contribution in [0.1, 0.15) is 23.7 Å². The molecule has 1 saturated heterocycles. The molecule has 98 valence electrons. The fourth-order valence-electron chi connectivity index (χ4n) is 1.78. The zero-order valence-electron chi connectivity index (χ0n) is 9.84. The number of hydrogen-bond donors (Lipinski definition) is 3. The Balaban J connectivity index is 1.97. The van der Waals surface area contributed by atoms with Crippen LogP contribution in [0.3, 0.4) is 0 Å². The van der Waals surface area contributed by atoms with E-state index in [0.29, 0.717) is 11.4 Å². The van der Waals surface area contributed by atoms with Gasteiger partial charge in [-0.1, -0.05) is 6.92 Å². The lowest BCUT2D eigenvalue weighted by Gasteiger charge is -2.45. The second kappa shape index (κ2) is 4.58. The molecule has 1 aliphatic heterocycles. The molecule has 1 fully saturated rings. The fourth-order valence-corrected chi connectivity index (χ4v) is 2.55. The van der Waals surface area contributed by atoms with E-state index in [4.69, 9.17) is 5.11 Å². The second-order valence-electron chi connectivity index (χ2n) is 4.33. The summed E-state index contributed by atoms with van der Waals surface area (Å²) in [5, 5.41) is 23.2. The van der Waals surface area contributed by atoms with Crippen LogP contribution < -0.4 is 5.32 Å². The molecule has 0 saturated carbocycles. The summed E-state index contributed by atoms with van der Waals surface area (Å²) >= 11 is 1.16. The zero-order valence-corrected chi connectivity index (χ0v) is 10.7. The molecule has 1 aromatic rings. The first-order valence-electron chi connectivity index (χ1n) is 5.54. The molecule has 0 spiro atoms. The number of carbonyl (C=O) groups is 2. The highest BCUT2D eigenvalue weighted by molar-refractivity contribution is 7.14. The van der Waals surface area contributed by atoms with E-state index in [2.05, 4.69) is 5.32 Å². The lowest BCUT2D eigenvalue weighted by atomic mass is 9.92. The van der Waals surface area contributed by atoms with E-state index in [1.54, 1.807) is 5.38 Å². The molecule has 2 rings (SSSR count). The summed E-state index contributed by atoms with van der Waals surface area (Å²) in [4.78, 5) is 24.1. The Hall–Kier alpha value is -1.60. The van der Waals surface area contributed by atoms with Crippen LogP contribution in [0.4, 0.5) is 9.80 Å². The van der Waals surface area contributed by atoms with Gasteiger partial charge < -0.3 is 15.1 Å². The van der Waals surface area contributed by atoms with Crippen LogP contribution in [0.25, 0.3) is 0 Å². The van der Waals surface area contributed by atoms with Crippen LogP contribution in [0.15, 0.2) is 11.4 Å². The minimum absolute atomic E-state index is 0.0830. The van der Waals surface area contributed by atoms with Crippen molar-refractivity contribution in [1.82, 2.24) is 4.90 Å². The van der Waals surface area contributed by atoms with E-state index in [0.717, 1.165) is 11.3 Å². The smallest absolute Gasteiger partial charge is 0.338 e. The Bertz CT molecular complexity index is 479. The van der Waals surface area contributed by atoms with Crippen molar-refractivity contribution in [3.63, 3.8) is 0 Å². The largest absolute Gasteiger partial charge is 0.478 e. The van der Waals surface area contributed by atoms with Crippen molar-refractivity contribution < 1.29 is 19.8 Å². The summed E-state index contributed by atoms with van der Waals surface area (Å²) in [6, 6.07) is 1.07. The molecule has 0 radical (unpaired) electrons. The number of carbonyl (C=O) groups excluding carboxylic acids is 1. The number of amides is 2. The maximum atomic E-state index is 11.8. The van der Waals surface area contributed by atoms with Gasteiger partial charge in [0.15, 0.2) is 0 Å². The first kappa shape index (κ1) is 12.8. The van der Waals surface area contributed by atoms with Crippen molar-refractivity contribution in [1.29, 1.82) is 0 Å². The fraction of sp³-hybridized carbons (Fsp3) is 0.455. The first-order chi connectivity index (χ1) is 8.45. The number of carboxylic acid groups (broad SMARTS) is 1. The molecule has 0 unspecified atom stereocenters. The predicted molar refractivity (Wildman–Crippen MR) is 67.1 cm³/mol. The summed E-state index contributed by atoms with van der Waals surface area (Å²) in [6.45, 7) is 2.42. The van der Waals surface area contributed by atoms with Crippen LogP contribution in [0, 0.1) is 0 Å². The summed E-state index contributed by atoms with van der Waals surface area (Å²) in [6.07, 6.45) is 0.593. The summed E-state index contributed by atoms with van der Waals surface area (Å²) in [7, 11) is 0. The normalized spacial score (nSPS) is 17.1. The number of nitrogens with zero attached hydrogens (tertiary/aromatic N) is 1. The minimum atomic E-state index is -1.07. The summed E-state index contributed by atoms with van der Waals surface area (Å²) in [5.41, 5.74) is -0.706. The molecule has 0 aromatic carbocycles. The lowest BCUT2D eigenvalue weighted by molar-refractivity contribution is -0.0755. The highest BCUT2D eigenvalue weighted by Gasteiger charge is 2.42. The number of thiophene rings is 1. The standard InChI is InChI=1S/C11H14N2O4S/c1-2-11(17)5-13(6-11)10(16)12-8-7(9(14)15)3-4-18-8/h3-4,17H,2,5-6H2,1H3,(H,12,16)(H,14,15). The highest BCUT2D eigenvalue weighted by atomic mass is 32.1. The zero-order chi connectivity index (χ0) is 13.3. The van der Waals surface area contributed by atoms with Gasteiger partial charge in [-0.15, -0.1) is 11.3 Å². The van der Waals surface area contributed by atoms with Gasteiger partial charge in [0.2, 0.25) is 0 Å². The molecule has 2 amide bonds. The van der Waals surface area contributed by atoms with Gasteiger partial charge in [0.05, 0.1) is 24.3 Å². The van der Waals surface area contributed by atoms with Gasteiger partial charge in [0, 0.05) is 0 Å². The van der Waals surface area contributed by atoms with Crippen LogP contribution in [0.5, 0.6) is 0 Å². The van der Waals surface area contributed by atoms with Gasteiger partial charge in [-0.25, -0.2) is 9.59 Å². The quantitative estimate of drug-likeness (QED) is 0.775. The number of aliphatic hydroxyl groups is 1. The number of likely N-dealkylation sites (tertiary alicyclic amines) is 1. The third-order valence-electron chi connectivity index (χ3n) is 3.03. The highest BCUT2D eigenvalue weighted by Crippen LogP contribution is 2.27. The number of anilines is 1. The molecule has 1 aliphatic rings. The van der Waals surface area contributed by atoms with Gasteiger partial charge >= 0.3 is 12.0 Å². The lowest BCUT2D eigenvalue weighted by Crippen LogP contribution is -2.63. The van der Waals surface area contributed by atoms with E-state index in [1.165, 1.54) is 11.0 Å². The van der Waals surface area contributed by atoms with Crippen molar-refractivity contribution in [2.75, 3.05) is 18.4 Å². The third kappa shape index (κ3) is 2.32. The molecular weight excluding hydrogens is 256 g/mol. The Labute approximate surface area is 108 Å². The van der Waals surface area contributed by atoms with E-state index in [-0.39, 0.29) is 24.7 Å². The van der Waals surface area contributed by atoms with Gasteiger partial charge in [-0.05, 0) is 17.9 Å². The van der Waals surface area contributed by atoms with Crippen LogP contribution >= 0.6 is 11.3 Å². The molecule has 2 heterocycles. The maximum absolute atomic E-state index is 11.8. The van der Waals surface area contributed by atoms with E-state index in [9.17, 15) is 14.7 Å². The number of urea groups is 1. The van der Waals surface area contributed by atoms with Crippen LogP contribution in [-0.2, 0) is 0 Å². The number of hydrogen-bond acceptors (Lipinski definition) is 4. The van der Waals surface area contributed by atoms with E-state index >= 15 is 0 Å². The van der Waals surface area contributed by atoms with Crippen molar-refractivity contribution in [2.24, 2.45) is 0 Å². The van der Waals surface area contributed by atoms with Crippen molar-refractivity contribution >= 4 is 28.3 Å². The molecule has 18 heavy (non-hydrogen) atoms. The van der Waals surface area contributed by atoms with Crippen molar-refractivity contribution in [2.45, 2.75) is 18.9 Å². The Kier molecular flexibility index (Phi) is 3.27. The van der Waals surface area contributed by atoms with Gasteiger partial charge in [0.25, 0.3) is 0 Å². The van der Waals surface area contributed by atoms with Gasteiger partial charge in [0.1, 0.15) is 5.00 Å². The van der Waals surface area contributed by atoms with Gasteiger partial charge in [-0.2, -0.15) is 0 Å². The molecule has 0 aliphatic carbocycles. The molecule has 0 bridgehead atoms. The molecule has 1 aromatic heterocycles. The average Bonchev–Trinajstić information content (AvgIpc) is 2.72. The molecule has 6 nitrogen and oxygen atoms in total. The first-order valence-corrected chi connectivity index (χ1v) is 6.42. The molecule has 0 atom stereocenters. The molecule has 7 heteroatoms. The number of carboxylic acids is 1. The topological polar surface area (TPSA) is 89.9 Å². The number of rotatable bonds is 3. The third-order valence-corrected chi connectivity index (χ3v) is 3.86. The number of β-amino-alcohol motifs (C(OH)–C–C–N with tert-alkyl or cyclic N) is 1. The summed E-state index contributed by atoms with van der Waals surface area (Å²) in [5.74, 6) is -1.07. The Morgan fingerprint density at radius 2 is 2.22 bits per heavy atom. The van der Waals surface area contributed by atoms with Crippen LogP contribution in [-0.4, -0.2) is 45.8 Å². The van der Waals surface area contributed by atoms with Crippen molar-refractivity contribution in [3.05, 3.63) is 17.0 Å². The van der Waals surface area contributed by atoms with Gasteiger partial charge in [-0.3, -0.25) is 5.32 Å². The molecular formula is C11H14N2O4S. The maximum Gasteiger partial charge on any atom is 0.338 e. The van der Waals surface area contributed by atoms with Crippen LogP contribution in [0.2, 0.25) is 0 Å².